The van der Waals surface area contributed by atoms with Crippen molar-refractivity contribution in [1.29, 1.82) is 0 Å². The number of hydrogen-bond donors (Lipinski definition) is 1. The van der Waals surface area contributed by atoms with Gasteiger partial charge in [0.1, 0.15) is 5.15 Å². The van der Waals surface area contributed by atoms with Crippen LogP contribution in [0.3, 0.4) is 0 Å². The van der Waals surface area contributed by atoms with E-state index in [-0.39, 0.29) is 6.04 Å². The van der Waals surface area contributed by atoms with Crippen molar-refractivity contribution in [3.63, 3.8) is 0 Å². The number of benzene rings is 2. The van der Waals surface area contributed by atoms with Crippen LogP contribution in [0.15, 0.2) is 48.5 Å². The molecule has 3 rings (SSSR count). The van der Waals surface area contributed by atoms with Crippen LogP contribution in [0.5, 0.6) is 0 Å². The number of aryl methyl sites for hydroxylation is 1. The van der Waals surface area contributed by atoms with Crippen molar-refractivity contribution in [3.05, 3.63) is 82.1 Å². The number of hydrogen-bond acceptors (Lipinski definition) is 2. The quantitative estimate of drug-likeness (QED) is 0.695. The topological polar surface area (TPSA) is 29.9 Å². The van der Waals surface area contributed by atoms with Crippen molar-refractivity contribution >= 4 is 11.6 Å². The summed E-state index contributed by atoms with van der Waals surface area (Å²) in [6.45, 7) is 4.25. The van der Waals surface area contributed by atoms with Crippen molar-refractivity contribution in [2.24, 2.45) is 0 Å². The van der Waals surface area contributed by atoms with E-state index in [9.17, 15) is 8.78 Å². The molecule has 25 heavy (non-hydrogen) atoms. The summed E-state index contributed by atoms with van der Waals surface area (Å²) < 4.78 is 28.1. The molecule has 2 aromatic carbocycles. The lowest BCUT2D eigenvalue weighted by atomic mass is 10.1. The molecule has 0 aliphatic heterocycles. The zero-order valence-electron chi connectivity index (χ0n) is 13.9. The van der Waals surface area contributed by atoms with Crippen molar-refractivity contribution in [3.8, 4) is 5.69 Å². The lowest BCUT2D eigenvalue weighted by Gasteiger charge is -2.14. The maximum Gasteiger partial charge on any atom is 0.159 e. The summed E-state index contributed by atoms with van der Waals surface area (Å²) >= 11 is 6.49. The van der Waals surface area contributed by atoms with Gasteiger partial charge in [-0.3, -0.25) is 0 Å². The number of aromatic nitrogens is 2. The molecule has 0 fully saturated rings. The van der Waals surface area contributed by atoms with Crippen molar-refractivity contribution < 1.29 is 8.78 Å². The third-order valence-corrected chi connectivity index (χ3v) is 4.54. The minimum atomic E-state index is -0.850. The zero-order chi connectivity index (χ0) is 18.0. The third-order valence-electron chi connectivity index (χ3n) is 4.15. The highest BCUT2D eigenvalue weighted by atomic mass is 35.5. The SMILES string of the molecule is Cc1nn(-c2ccccc2)c(Cl)c1CN[C@H](C)c1ccc(F)c(F)c1. The summed E-state index contributed by atoms with van der Waals surface area (Å²) in [6.07, 6.45) is 0. The first-order chi connectivity index (χ1) is 12.0. The van der Waals surface area contributed by atoms with Gasteiger partial charge in [0.15, 0.2) is 11.6 Å². The van der Waals surface area contributed by atoms with Crippen molar-refractivity contribution in [1.82, 2.24) is 15.1 Å². The number of nitrogens with one attached hydrogen (secondary N) is 1. The Hall–Kier alpha value is -2.24. The molecule has 1 atom stereocenters. The molecule has 6 heteroatoms. The Morgan fingerprint density at radius 3 is 2.52 bits per heavy atom. The Bertz CT molecular complexity index is 878. The molecule has 0 saturated carbocycles. The van der Waals surface area contributed by atoms with Crippen LogP contribution in [0.1, 0.15) is 29.8 Å². The van der Waals surface area contributed by atoms with E-state index in [1.54, 1.807) is 10.7 Å². The molecule has 1 heterocycles. The monoisotopic (exact) mass is 361 g/mol. The summed E-state index contributed by atoms with van der Waals surface area (Å²) in [5.74, 6) is -1.70. The fourth-order valence-electron chi connectivity index (χ4n) is 2.63. The normalized spacial score (nSPS) is 12.4. The molecular formula is C19H18ClF2N3. The van der Waals surface area contributed by atoms with Crippen LogP contribution in [0.2, 0.25) is 5.15 Å². The number of halogens is 3. The van der Waals surface area contributed by atoms with Gasteiger partial charge in [-0.1, -0.05) is 35.9 Å². The summed E-state index contributed by atoms with van der Waals surface area (Å²) in [5, 5.41) is 8.31. The Morgan fingerprint density at radius 1 is 1.12 bits per heavy atom. The van der Waals surface area contributed by atoms with Gasteiger partial charge in [-0.25, -0.2) is 13.5 Å². The van der Waals surface area contributed by atoms with Crippen LogP contribution in [0.4, 0.5) is 8.78 Å². The smallest absolute Gasteiger partial charge is 0.159 e. The lowest BCUT2D eigenvalue weighted by Crippen LogP contribution is -2.18. The molecule has 0 aliphatic rings. The standard InChI is InChI=1S/C19H18ClF2N3/c1-12(14-8-9-17(21)18(22)10-14)23-11-16-13(2)24-25(19(16)20)15-6-4-3-5-7-15/h3-10,12,23H,11H2,1-2H3/t12-/m1/s1. The fourth-order valence-corrected chi connectivity index (χ4v) is 2.97. The van der Waals surface area contributed by atoms with E-state index in [1.807, 2.05) is 44.2 Å². The van der Waals surface area contributed by atoms with E-state index in [0.29, 0.717) is 17.3 Å². The van der Waals surface area contributed by atoms with Crippen LogP contribution in [-0.4, -0.2) is 9.78 Å². The van der Waals surface area contributed by atoms with Crippen LogP contribution >= 0.6 is 11.6 Å². The molecule has 1 N–H and O–H groups in total. The van der Waals surface area contributed by atoms with Crippen molar-refractivity contribution in [2.75, 3.05) is 0 Å². The van der Waals surface area contributed by atoms with Gasteiger partial charge in [-0.05, 0) is 43.7 Å². The summed E-state index contributed by atoms with van der Waals surface area (Å²) in [4.78, 5) is 0. The number of para-hydroxylation sites is 1. The van der Waals surface area contributed by atoms with E-state index < -0.39 is 11.6 Å². The minimum absolute atomic E-state index is 0.161. The average Bonchev–Trinajstić information content (AvgIpc) is 2.90. The second kappa shape index (κ2) is 7.33. The maximum absolute atomic E-state index is 13.4. The molecule has 3 nitrogen and oxygen atoms in total. The summed E-state index contributed by atoms with van der Waals surface area (Å²) in [5.41, 5.74) is 3.25. The average molecular weight is 362 g/mol. The number of rotatable bonds is 5. The first kappa shape index (κ1) is 17.6. The van der Waals surface area contributed by atoms with Gasteiger partial charge >= 0.3 is 0 Å². The molecule has 0 bridgehead atoms. The number of nitrogens with zero attached hydrogens (tertiary/aromatic N) is 2. The predicted octanol–water partition coefficient (Wildman–Crippen LogP) is 4.96. The fraction of sp³-hybridized carbons (Fsp3) is 0.211. The Kier molecular flexibility index (Phi) is 5.16. The van der Waals surface area contributed by atoms with E-state index in [1.165, 1.54) is 6.07 Å². The second-order valence-electron chi connectivity index (χ2n) is 5.88. The molecule has 0 amide bonds. The van der Waals surface area contributed by atoms with Gasteiger partial charge in [0.2, 0.25) is 0 Å². The Balaban J connectivity index is 1.77. The maximum atomic E-state index is 13.4. The van der Waals surface area contributed by atoms with Crippen LogP contribution < -0.4 is 5.32 Å². The Labute approximate surface area is 150 Å². The first-order valence-corrected chi connectivity index (χ1v) is 8.33. The van der Waals surface area contributed by atoms with E-state index in [4.69, 9.17) is 11.6 Å². The van der Waals surface area contributed by atoms with Crippen LogP contribution in [0, 0.1) is 18.6 Å². The highest BCUT2D eigenvalue weighted by molar-refractivity contribution is 6.30. The molecule has 3 aromatic rings. The molecule has 130 valence electrons. The highest BCUT2D eigenvalue weighted by Crippen LogP contribution is 2.24. The van der Waals surface area contributed by atoms with E-state index in [0.717, 1.165) is 23.0 Å². The van der Waals surface area contributed by atoms with Gasteiger partial charge in [0.05, 0.1) is 11.4 Å². The lowest BCUT2D eigenvalue weighted by molar-refractivity contribution is 0.500. The van der Waals surface area contributed by atoms with Gasteiger partial charge in [0.25, 0.3) is 0 Å². The zero-order valence-corrected chi connectivity index (χ0v) is 14.7. The van der Waals surface area contributed by atoms with E-state index in [2.05, 4.69) is 10.4 Å². The molecule has 0 aliphatic carbocycles. The molecule has 1 aromatic heterocycles. The van der Waals surface area contributed by atoms with E-state index >= 15 is 0 Å². The van der Waals surface area contributed by atoms with Gasteiger partial charge in [0, 0.05) is 18.2 Å². The predicted molar refractivity (Wildman–Crippen MR) is 94.9 cm³/mol. The largest absolute Gasteiger partial charge is 0.306 e. The minimum Gasteiger partial charge on any atom is -0.306 e. The summed E-state index contributed by atoms with van der Waals surface area (Å²) in [7, 11) is 0. The van der Waals surface area contributed by atoms with Gasteiger partial charge in [-0.15, -0.1) is 0 Å². The highest BCUT2D eigenvalue weighted by Gasteiger charge is 2.16. The van der Waals surface area contributed by atoms with Gasteiger partial charge in [-0.2, -0.15) is 5.10 Å². The molecule has 0 saturated heterocycles. The summed E-state index contributed by atoms with van der Waals surface area (Å²) in [6, 6.07) is 13.4. The second-order valence-corrected chi connectivity index (χ2v) is 6.24. The van der Waals surface area contributed by atoms with Crippen LogP contribution in [0.25, 0.3) is 5.69 Å². The Morgan fingerprint density at radius 2 is 1.84 bits per heavy atom. The van der Waals surface area contributed by atoms with Crippen molar-refractivity contribution in [2.45, 2.75) is 26.4 Å². The van der Waals surface area contributed by atoms with Gasteiger partial charge < -0.3 is 5.32 Å². The first-order valence-electron chi connectivity index (χ1n) is 7.95. The van der Waals surface area contributed by atoms with Crippen LogP contribution in [-0.2, 0) is 6.54 Å². The molecular weight excluding hydrogens is 344 g/mol. The molecule has 0 spiro atoms. The molecule has 0 radical (unpaired) electrons. The third kappa shape index (κ3) is 3.72. The molecule has 0 unspecified atom stereocenters.